The van der Waals surface area contributed by atoms with Gasteiger partial charge in [0.05, 0.1) is 0 Å². The molecule has 0 radical (unpaired) electrons. The predicted octanol–water partition coefficient (Wildman–Crippen LogP) is 4.18. The van der Waals surface area contributed by atoms with Crippen LogP contribution in [0.1, 0.15) is 5.56 Å². The van der Waals surface area contributed by atoms with E-state index < -0.39 is 0 Å². The predicted molar refractivity (Wildman–Crippen MR) is 82.1 cm³/mol. The van der Waals surface area contributed by atoms with Crippen molar-refractivity contribution in [2.45, 2.75) is 6.54 Å². The fourth-order valence-corrected chi connectivity index (χ4v) is 1.66. The molecule has 19 heavy (non-hydrogen) atoms. The van der Waals surface area contributed by atoms with Gasteiger partial charge in [-0.05, 0) is 29.8 Å². The van der Waals surface area contributed by atoms with Crippen LogP contribution in [0.5, 0.6) is 11.5 Å². The number of nitrogens with one attached hydrogen (secondary N) is 1. The summed E-state index contributed by atoms with van der Waals surface area (Å²) in [5.74, 6) is 1.72. The molecule has 0 unspecified atom stereocenters. The Kier molecular flexibility index (Phi) is 6.72. The lowest BCUT2D eigenvalue weighted by atomic mass is 10.2. The van der Waals surface area contributed by atoms with E-state index in [1.807, 2.05) is 54.6 Å². The molecule has 0 aliphatic heterocycles. The molecule has 0 saturated heterocycles. The first-order valence-electron chi connectivity index (χ1n) is 6.02. The fraction of sp³-hybridized carbons (Fsp3) is 0.125. The molecule has 0 amide bonds. The van der Waals surface area contributed by atoms with Gasteiger partial charge in [0, 0.05) is 13.1 Å². The van der Waals surface area contributed by atoms with E-state index in [2.05, 4.69) is 18.0 Å². The van der Waals surface area contributed by atoms with Crippen molar-refractivity contribution in [3.63, 3.8) is 0 Å². The van der Waals surface area contributed by atoms with Crippen LogP contribution in [0.4, 0.5) is 0 Å². The Balaban J connectivity index is 0.00000180. The molecule has 2 rings (SSSR count). The molecule has 100 valence electrons. The standard InChI is InChI=1S/C16H17NO.ClH/c1-2-11-17-13-14-7-6-10-16(12-14)18-15-8-4-3-5-9-15;/h2-10,12,17H,1,11,13H2;1H. The molecule has 0 bridgehead atoms. The van der Waals surface area contributed by atoms with Crippen molar-refractivity contribution in [2.75, 3.05) is 6.54 Å². The second kappa shape index (κ2) is 8.35. The van der Waals surface area contributed by atoms with E-state index in [0.29, 0.717) is 0 Å². The summed E-state index contributed by atoms with van der Waals surface area (Å²) in [6.45, 7) is 5.30. The molecular formula is C16H18ClNO. The van der Waals surface area contributed by atoms with Crippen molar-refractivity contribution < 1.29 is 4.74 Å². The van der Waals surface area contributed by atoms with Crippen LogP contribution in [0.25, 0.3) is 0 Å². The zero-order valence-corrected chi connectivity index (χ0v) is 11.5. The van der Waals surface area contributed by atoms with Gasteiger partial charge in [0.15, 0.2) is 0 Å². The normalized spacial score (nSPS) is 9.47. The summed E-state index contributed by atoms with van der Waals surface area (Å²) in [6, 6.07) is 17.9. The number of hydrogen-bond acceptors (Lipinski definition) is 2. The summed E-state index contributed by atoms with van der Waals surface area (Å²) < 4.78 is 5.78. The molecule has 0 heterocycles. The van der Waals surface area contributed by atoms with Crippen LogP contribution in [-0.4, -0.2) is 6.54 Å². The SMILES string of the molecule is C=CCNCc1cccc(Oc2ccccc2)c1.Cl. The second-order valence-electron chi connectivity index (χ2n) is 3.98. The average molecular weight is 276 g/mol. The van der Waals surface area contributed by atoms with Crippen LogP contribution < -0.4 is 10.1 Å². The van der Waals surface area contributed by atoms with Gasteiger partial charge in [0.25, 0.3) is 0 Å². The Morgan fingerprint density at radius 1 is 1.00 bits per heavy atom. The average Bonchev–Trinajstić information content (AvgIpc) is 2.41. The minimum absolute atomic E-state index is 0. The van der Waals surface area contributed by atoms with Gasteiger partial charge in [-0.2, -0.15) is 0 Å². The highest BCUT2D eigenvalue weighted by molar-refractivity contribution is 5.85. The van der Waals surface area contributed by atoms with E-state index in [9.17, 15) is 0 Å². The maximum atomic E-state index is 5.78. The van der Waals surface area contributed by atoms with Gasteiger partial charge >= 0.3 is 0 Å². The Labute approximate surface area is 120 Å². The second-order valence-corrected chi connectivity index (χ2v) is 3.98. The molecule has 0 saturated carbocycles. The van der Waals surface area contributed by atoms with Crippen molar-refractivity contribution >= 4 is 12.4 Å². The summed E-state index contributed by atoms with van der Waals surface area (Å²) in [5.41, 5.74) is 1.20. The van der Waals surface area contributed by atoms with Gasteiger partial charge < -0.3 is 10.1 Å². The molecule has 0 aliphatic rings. The molecule has 2 nitrogen and oxygen atoms in total. The highest BCUT2D eigenvalue weighted by Crippen LogP contribution is 2.21. The minimum Gasteiger partial charge on any atom is -0.457 e. The number of benzene rings is 2. The molecule has 2 aromatic rings. The summed E-state index contributed by atoms with van der Waals surface area (Å²) in [5, 5.41) is 3.27. The lowest BCUT2D eigenvalue weighted by Gasteiger charge is -2.07. The molecule has 0 spiro atoms. The summed E-state index contributed by atoms with van der Waals surface area (Å²) in [4.78, 5) is 0. The van der Waals surface area contributed by atoms with Crippen molar-refractivity contribution in [1.82, 2.24) is 5.32 Å². The van der Waals surface area contributed by atoms with Crippen molar-refractivity contribution in [3.8, 4) is 11.5 Å². The lowest BCUT2D eigenvalue weighted by molar-refractivity contribution is 0.481. The lowest BCUT2D eigenvalue weighted by Crippen LogP contribution is -2.12. The molecule has 2 aromatic carbocycles. The van der Waals surface area contributed by atoms with Crippen LogP contribution in [0.3, 0.4) is 0 Å². The van der Waals surface area contributed by atoms with Gasteiger partial charge in [-0.1, -0.05) is 36.4 Å². The molecule has 1 N–H and O–H groups in total. The van der Waals surface area contributed by atoms with E-state index in [-0.39, 0.29) is 12.4 Å². The minimum atomic E-state index is 0. The largest absolute Gasteiger partial charge is 0.457 e. The summed E-state index contributed by atoms with van der Waals surface area (Å²) >= 11 is 0. The van der Waals surface area contributed by atoms with Crippen molar-refractivity contribution in [3.05, 3.63) is 72.8 Å². The third-order valence-corrected chi connectivity index (χ3v) is 2.50. The first-order chi connectivity index (χ1) is 8.88. The first-order valence-corrected chi connectivity index (χ1v) is 6.02. The monoisotopic (exact) mass is 275 g/mol. The maximum absolute atomic E-state index is 5.78. The molecule has 0 fully saturated rings. The molecule has 0 aromatic heterocycles. The number of hydrogen-bond donors (Lipinski definition) is 1. The van der Waals surface area contributed by atoms with Gasteiger partial charge in [-0.3, -0.25) is 0 Å². The molecule has 0 atom stereocenters. The zero-order chi connectivity index (χ0) is 12.6. The maximum Gasteiger partial charge on any atom is 0.127 e. The summed E-state index contributed by atoms with van der Waals surface area (Å²) in [6.07, 6.45) is 1.85. The van der Waals surface area contributed by atoms with Crippen molar-refractivity contribution in [2.24, 2.45) is 0 Å². The van der Waals surface area contributed by atoms with Crippen LogP contribution in [0, 0.1) is 0 Å². The number of para-hydroxylation sites is 1. The highest BCUT2D eigenvalue weighted by Gasteiger charge is 1.98. The van der Waals surface area contributed by atoms with Crippen LogP contribution in [-0.2, 0) is 6.54 Å². The molecule has 0 aliphatic carbocycles. The highest BCUT2D eigenvalue weighted by atomic mass is 35.5. The number of halogens is 1. The number of rotatable bonds is 6. The smallest absolute Gasteiger partial charge is 0.127 e. The van der Waals surface area contributed by atoms with E-state index in [4.69, 9.17) is 4.74 Å². The Bertz CT molecular complexity index is 499. The third-order valence-electron chi connectivity index (χ3n) is 2.50. The third kappa shape index (κ3) is 5.16. The van der Waals surface area contributed by atoms with E-state index in [0.717, 1.165) is 24.6 Å². The van der Waals surface area contributed by atoms with Crippen LogP contribution in [0.15, 0.2) is 67.3 Å². The first kappa shape index (κ1) is 15.3. The Morgan fingerprint density at radius 3 is 2.47 bits per heavy atom. The molecular weight excluding hydrogens is 258 g/mol. The fourth-order valence-electron chi connectivity index (χ4n) is 1.66. The van der Waals surface area contributed by atoms with Gasteiger partial charge in [0.1, 0.15) is 11.5 Å². The summed E-state index contributed by atoms with van der Waals surface area (Å²) in [7, 11) is 0. The number of ether oxygens (including phenoxy) is 1. The van der Waals surface area contributed by atoms with E-state index in [1.54, 1.807) is 0 Å². The van der Waals surface area contributed by atoms with Crippen LogP contribution >= 0.6 is 12.4 Å². The topological polar surface area (TPSA) is 21.3 Å². The Morgan fingerprint density at radius 2 is 1.74 bits per heavy atom. The van der Waals surface area contributed by atoms with Crippen molar-refractivity contribution in [1.29, 1.82) is 0 Å². The molecule has 3 heteroatoms. The van der Waals surface area contributed by atoms with E-state index >= 15 is 0 Å². The van der Waals surface area contributed by atoms with Crippen LogP contribution in [0.2, 0.25) is 0 Å². The van der Waals surface area contributed by atoms with Gasteiger partial charge in [-0.15, -0.1) is 19.0 Å². The Hall–Kier alpha value is -1.77. The quantitative estimate of drug-likeness (QED) is 0.631. The van der Waals surface area contributed by atoms with E-state index in [1.165, 1.54) is 5.56 Å². The zero-order valence-electron chi connectivity index (χ0n) is 10.7. The van der Waals surface area contributed by atoms with Gasteiger partial charge in [0.2, 0.25) is 0 Å². The van der Waals surface area contributed by atoms with Gasteiger partial charge in [-0.25, -0.2) is 0 Å².